The van der Waals surface area contributed by atoms with Crippen LogP contribution in [-0.2, 0) is 0 Å². The van der Waals surface area contributed by atoms with E-state index in [0.717, 1.165) is 17.0 Å². The van der Waals surface area contributed by atoms with Crippen molar-refractivity contribution in [3.05, 3.63) is 35.1 Å². The van der Waals surface area contributed by atoms with E-state index in [2.05, 4.69) is 18.3 Å². The number of hydrogen-bond donors (Lipinski definition) is 1. The standard InChI is InChI=1S/C16H24FN/c1-11-4-7-13(8-5-11)16(18-3)14-9-6-12(2)15(17)10-14/h6,9-11,13,16,18H,4-5,7-8H2,1-3H3. The average Bonchev–Trinajstić information content (AvgIpc) is 2.37. The van der Waals surface area contributed by atoms with Crippen LogP contribution in [-0.4, -0.2) is 7.05 Å². The molecule has 100 valence electrons. The zero-order valence-corrected chi connectivity index (χ0v) is 11.7. The highest BCUT2D eigenvalue weighted by Crippen LogP contribution is 2.36. The Bertz CT molecular complexity index is 394. The van der Waals surface area contributed by atoms with Gasteiger partial charge in [-0.1, -0.05) is 31.9 Å². The lowest BCUT2D eigenvalue weighted by Crippen LogP contribution is -2.28. The van der Waals surface area contributed by atoms with E-state index in [-0.39, 0.29) is 5.82 Å². The van der Waals surface area contributed by atoms with Gasteiger partial charge < -0.3 is 5.32 Å². The summed E-state index contributed by atoms with van der Waals surface area (Å²) >= 11 is 0. The highest BCUT2D eigenvalue weighted by Gasteiger charge is 2.26. The number of benzene rings is 1. The Balaban J connectivity index is 2.14. The minimum absolute atomic E-state index is 0.0862. The number of nitrogens with one attached hydrogen (secondary N) is 1. The fourth-order valence-electron chi connectivity index (χ4n) is 3.10. The molecule has 1 fully saturated rings. The maximum Gasteiger partial charge on any atom is 0.126 e. The first-order valence-corrected chi connectivity index (χ1v) is 7.05. The number of aryl methyl sites for hydroxylation is 1. The summed E-state index contributed by atoms with van der Waals surface area (Å²) in [6.45, 7) is 4.14. The van der Waals surface area contributed by atoms with Crippen LogP contribution in [0.1, 0.15) is 49.8 Å². The van der Waals surface area contributed by atoms with E-state index in [1.165, 1.54) is 25.7 Å². The van der Waals surface area contributed by atoms with Crippen molar-refractivity contribution in [3.8, 4) is 0 Å². The molecule has 1 aliphatic carbocycles. The summed E-state index contributed by atoms with van der Waals surface area (Å²) in [6.07, 6.45) is 5.11. The molecule has 0 aromatic heterocycles. The van der Waals surface area contributed by atoms with Gasteiger partial charge in [-0.25, -0.2) is 4.39 Å². The van der Waals surface area contributed by atoms with Crippen LogP contribution in [0.25, 0.3) is 0 Å². The maximum atomic E-state index is 13.7. The molecule has 18 heavy (non-hydrogen) atoms. The van der Waals surface area contributed by atoms with Crippen molar-refractivity contribution < 1.29 is 4.39 Å². The monoisotopic (exact) mass is 249 g/mol. The van der Waals surface area contributed by atoms with Gasteiger partial charge in [0.1, 0.15) is 5.82 Å². The van der Waals surface area contributed by atoms with E-state index < -0.39 is 0 Å². The SMILES string of the molecule is CNC(c1ccc(C)c(F)c1)C1CCC(C)CC1. The molecular weight excluding hydrogens is 225 g/mol. The predicted molar refractivity (Wildman–Crippen MR) is 74.1 cm³/mol. The molecule has 0 bridgehead atoms. The van der Waals surface area contributed by atoms with Crippen molar-refractivity contribution >= 4 is 0 Å². The number of halogens is 1. The number of rotatable bonds is 3. The van der Waals surface area contributed by atoms with Crippen molar-refractivity contribution in [2.45, 2.75) is 45.6 Å². The first-order chi connectivity index (χ1) is 8.61. The van der Waals surface area contributed by atoms with E-state index in [4.69, 9.17) is 0 Å². The third-order valence-corrected chi connectivity index (χ3v) is 4.40. The highest BCUT2D eigenvalue weighted by molar-refractivity contribution is 5.26. The van der Waals surface area contributed by atoms with Gasteiger partial charge in [0, 0.05) is 6.04 Å². The van der Waals surface area contributed by atoms with E-state index in [1.807, 2.05) is 20.0 Å². The van der Waals surface area contributed by atoms with E-state index in [1.54, 1.807) is 6.07 Å². The van der Waals surface area contributed by atoms with Crippen LogP contribution in [0, 0.1) is 24.6 Å². The fraction of sp³-hybridized carbons (Fsp3) is 0.625. The zero-order valence-electron chi connectivity index (χ0n) is 11.7. The Hall–Kier alpha value is -0.890. The molecule has 0 radical (unpaired) electrons. The second kappa shape index (κ2) is 5.83. The summed E-state index contributed by atoms with van der Waals surface area (Å²) in [5, 5.41) is 3.38. The third kappa shape index (κ3) is 2.92. The van der Waals surface area contributed by atoms with E-state index in [9.17, 15) is 4.39 Å². The molecule has 0 spiro atoms. The second-order valence-corrected chi connectivity index (χ2v) is 5.79. The van der Waals surface area contributed by atoms with Crippen molar-refractivity contribution in [3.63, 3.8) is 0 Å². The quantitative estimate of drug-likeness (QED) is 0.845. The fourth-order valence-corrected chi connectivity index (χ4v) is 3.10. The summed E-state index contributed by atoms with van der Waals surface area (Å²) in [6, 6.07) is 5.96. The lowest BCUT2D eigenvalue weighted by molar-refractivity contribution is 0.237. The molecular formula is C16H24FN. The van der Waals surface area contributed by atoms with Gasteiger partial charge >= 0.3 is 0 Å². The number of hydrogen-bond acceptors (Lipinski definition) is 1. The van der Waals surface area contributed by atoms with Crippen LogP contribution in [0.3, 0.4) is 0 Å². The molecule has 1 aromatic carbocycles. The largest absolute Gasteiger partial charge is 0.313 e. The van der Waals surface area contributed by atoms with Crippen molar-refractivity contribution in [1.29, 1.82) is 0 Å². The normalized spacial score (nSPS) is 26.0. The molecule has 2 heteroatoms. The minimum Gasteiger partial charge on any atom is -0.313 e. The molecule has 1 atom stereocenters. The summed E-state index contributed by atoms with van der Waals surface area (Å²) in [5.74, 6) is 1.42. The molecule has 1 unspecified atom stereocenters. The predicted octanol–water partition coefficient (Wildman–Crippen LogP) is 4.22. The van der Waals surface area contributed by atoms with Crippen molar-refractivity contribution in [2.75, 3.05) is 7.05 Å². The van der Waals surface area contributed by atoms with Gasteiger partial charge in [-0.05, 0) is 55.8 Å². The topological polar surface area (TPSA) is 12.0 Å². The summed E-state index contributed by atoms with van der Waals surface area (Å²) < 4.78 is 13.7. The highest BCUT2D eigenvalue weighted by atomic mass is 19.1. The molecule has 2 rings (SSSR count). The molecule has 1 saturated carbocycles. The maximum absolute atomic E-state index is 13.7. The van der Waals surface area contributed by atoms with Crippen LogP contribution in [0.5, 0.6) is 0 Å². The van der Waals surface area contributed by atoms with Crippen LogP contribution in [0.2, 0.25) is 0 Å². The average molecular weight is 249 g/mol. The first kappa shape index (κ1) is 13.5. The Kier molecular flexibility index (Phi) is 4.39. The molecule has 1 N–H and O–H groups in total. The van der Waals surface area contributed by atoms with E-state index in [0.29, 0.717) is 12.0 Å². The van der Waals surface area contributed by atoms with E-state index >= 15 is 0 Å². The van der Waals surface area contributed by atoms with Gasteiger partial charge in [0.15, 0.2) is 0 Å². The second-order valence-electron chi connectivity index (χ2n) is 5.79. The van der Waals surface area contributed by atoms with Gasteiger partial charge in [0.2, 0.25) is 0 Å². The Morgan fingerprint density at radius 2 is 1.89 bits per heavy atom. The first-order valence-electron chi connectivity index (χ1n) is 7.05. The molecule has 0 aliphatic heterocycles. The van der Waals surface area contributed by atoms with Crippen LogP contribution < -0.4 is 5.32 Å². The molecule has 0 heterocycles. The molecule has 0 amide bonds. The van der Waals surface area contributed by atoms with Gasteiger partial charge in [-0.3, -0.25) is 0 Å². The van der Waals surface area contributed by atoms with Crippen LogP contribution in [0.4, 0.5) is 4.39 Å². The van der Waals surface area contributed by atoms with Crippen LogP contribution in [0.15, 0.2) is 18.2 Å². The van der Waals surface area contributed by atoms with Crippen LogP contribution >= 0.6 is 0 Å². The lowest BCUT2D eigenvalue weighted by Gasteiger charge is -2.33. The molecule has 0 saturated heterocycles. The zero-order chi connectivity index (χ0) is 13.1. The van der Waals surface area contributed by atoms with Gasteiger partial charge in [-0.15, -0.1) is 0 Å². The minimum atomic E-state index is -0.0862. The molecule has 1 nitrogen and oxygen atoms in total. The summed E-state index contributed by atoms with van der Waals surface area (Å²) in [5.41, 5.74) is 1.83. The van der Waals surface area contributed by atoms with Gasteiger partial charge in [0.05, 0.1) is 0 Å². The molecule has 1 aromatic rings. The summed E-state index contributed by atoms with van der Waals surface area (Å²) in [7, 11) is 1.99. The Labute approximate surface area is 110 Å². The smallest absolute Gasteiger partial charge is 0.126 e. The van der Waals surface area contributed by atoms with Gasteiger partial charge in [-0.2, -0.15) is 0 Å². The Morgan fingerprint density at radius 1 is 1.22 bits per heavy atom. The Morgan fingerprint density at radius 3 is 2.44 bits per heavy atom. The summed E-state index contributed by atoms with van der Waals surface area (Å²) in [4.78, 5) is 0. The lowest BCUT2D eigenvalue weighted by atomic mass is 9.77. The third-order valence-electron chi connectivity index (χ3n) is 4.40. The van der Waals surface area contributed by atoms with Crippen molar-refractivity contribution in [1.82, 2.24) is 5.32 Å². The van der Waals surface area contributed by atoms with Gasteiger partial charge in [0.25, 0.3) is 0 Å². The van der Waals surface area contributed by atoms with Crippen molar-refractivity contribution in [2.24, 2.45) is 11.8 Å². The molecule has 1 aliphatic rings.